The van der Waals surface area contributed by atoms with Gasteiger partial charge in [0.25, 0.3) is 10.0 Å². The number of amides is 2. The predicted octanol–water partition coefficient (Wildman–Crippen LogP) is 2.33. The Morgan fingerprint density at radius 2 is 1.76 bits per heavy atom. The summed E-state index contributed by atoms with van der Waals surface area (Å²) in [5, 5.41) is 0. The number of nitrogens with one attached hydrogen (secondary N) is 1. The number of morpholine rings is 1. The Kier molecular flexibility index (Phi) is 7.08. The van der Waals surface area contributed by atoms with Gasteiger partial charge in [-0.15, -0.1) is 0 Å². The predicted molar refractivity (Wildman–Crippen MR) is 128 cm³/mol. The Morgan fingerprint density at radius 3 is 2.50 bits per heavy atom. The summed E-state index contributed by atoms with van der Waals surface area (Å²) in [7, 11) is -2.37. The first-order valence-electron chi connectivity index (χ1n) is 11.2. The first kappa shape index (κ1) is 24.0. The van der Waals surface area contributed by atoms with Crippen molar-refractivity contribution in [2.75, 3.05) is 49.6 Å². The summed E-state index contributed by atoms with van der Waals surface area (Å²) >= 11 is 0. The van der Waals surface area contributed by atoms with Crippen LogP contribution in [0.4, 0.5) is 11.4 Å². The normalized spacial score (nSPS) is 15.7. The Balaban J connectivity index is 1.44. The highest BCUT2D eigenvalue weighted by atomic mass is 32.2. The number of benzene rings is 2. The molecule has 34 heavy (non-hydrogen) atoms. The van der Waals surface area contributed by atoms with Crippen molar-refractivity contribution < 1.29 is 27.5 Å². The highest BCUT2D eigenvalue weighted by molar-refractivity contribution is 7.92. The summed E-state index contributed by atoms with van der Waals surface area (Å²) in [6.45, 7) is 4.49. The molecule has 2 amide bonds. The molecule has 0 spiro atoms. The van der Waals surface area contributed by atoms with Gasteiger partial charge in [-0.05, 0) is 54.8 Å². The van der Waals surface area contributed by atoms with Crippen LogP contribution >= 0.6 is 0 Å². The number of nitrogens with zero attached hydrogens (tertiary/aromatic N) is 2. The van der Waals surface area contributed by atoms with Crippen LogP contribution < -0.4 is 14.4 Å². The maximum absolute atomic E-state index is 13.0. The van der Waals surface area contributed by atoms with Gasteiger partial charge in [0.15, 0.2) is 0 Å². The second kappa shape index (κ2) is 10.0. The molecule has 0 radical (unpaired) electrons. The Bertz CT molecular complexity index is 1190. The van der Waals surface area contributed by atoms with Crippen LogP contribution in [0.2, 0.25) is 0 Å². The number of hydrogen-bond donors (Lipinski definition) is 1. The molecule has 182 valence electrons. The molecule has 2 aromatic rings. The molecule has 0 unspecified atom stereocenters. The number of hydrogen-bond acceptors (Lipinski definition) is 6. The second-order valence-corrected chi connectivity index (χ2v) is 10.1. The zero-order chi connectivity index (χ0) is 24.3. The summed E-state index contributed by atoms with van der Waals surface area (Å²) in [6.07, 6.45) is 0.819. The average molecular weight is 488 g/mol. The smallest absolute Gasteiger partial charge is 0.262 e. The molecule has 1 fully saturated rings. The van der Waals surface area contributed by atoms with E-state index in [2.05, 4.69) is 4.72 Å². The van der Waals surface area contributed by atoms with Gasteiger partial charge in [-0.1, -0.05) is 6.07 Å². The van der Waals surface area contributed by atoms with E-state index in [-0.39, 0.29) is 29.6 Å². The van der Waals surface area contributed by atoms with Crippen LogP contribution in [0.15, 0.2) is 41.3 Å². The lowest BCUT2D eigenvalue weighted by molar-refractivity contribution is -0.136. The van der Waals surface area contributed by atoms with Crippen molar-refractivity contribution in [2.24, 2.45) is 0 Å². The summed E-state index contributed by atoms with van der Waals surface area (Å²) in [6, 6.07) is 10.0. The minimum Gasteiger partial charge on any atom is -0.495 e. The van der Waals surface area contributed by atoms with Crippen LogP contribution in [0, 0.1) is 6.92 Å². The molecule has 0 aliphatic carbocycles. The average Bonchev–Trinajstić information content (AvgIpc) is 3.26. The minimum atomic E-state index is -3.85. The van der Waals surface area contributed by atoms with E-state index >= 15 is 0 Å². The molecule has 2 aliphatic rings. The van der Waals surface area contributed by atoms with Crippen molar-refractivity contribution in [3.05, 3.63) is 47.5 Å². The molecule has 1 saturated heterocycles. The number of rotatable bonds is 7. The maximum atomic E-state index is 13.0. The Morgan fingerprint density at radius 1 is 1.03 bits per heavy atom. The van der Waals surface area contributed by atoms with Crippen molar-refractivity contribution in [1.29, 1.82) is 0 Å². The monoisotopic (exact) mass is 487 g/mol. The number of ether oxygens (including phenoxy) is 2. The third-order valence-corrected chi connectivity index (χ3v) is 7.44. The highest BCUT2D eigenvalue weighted by Crippen LogP contribution is 2.33. The topological polar surface area (TPSA) is 105 Å². The number of fused-ring (bicyclic) bond motifs is 1. The van der Waals surface area contributed by atoms with Crippen LogP contribution in [-0.2, 0) is 30.8 Å². The van der Waals surface area contributed by atoms with Crippen LogP contribution in [0.25, 0.3) is 0 Å². The van der Waals surface area contributed by atoms with E-state index in [1.165, 1.54) is 13.2 Å². The number of sulfonamides is 1. The fourth-order valence-corrected chi connectivity index (χ4v) is 5.34. The first-order chi connectivity index (χ1) is 16.3. The van der Waals surface area contributed by atoms with Crippen molar-refractivity contribution >= 4 is 33.2 Å². The van der Waals surface area contributed by atoms with Crippen LogP contribution in [0.3, 0.4) is 0 Å². The number of carbonyl (C=O) groups excluding carboxylic acids is 2. The molecule has 2 aromatic carbocycles. The molecule has 4 rings (SSSR count). The molecule has 9 nitrogen and oxygen atoms in total. The molecular weight excluding hydrogens is 458 g/mol. The molecule has 0 aromatic heterocycles. The zero-order valence-corrected chi connectivity index (χ0v) is 20.2. The Labute approximate surface area is 199 Å². The van der Waals surface area contributed by atoms with Crippen LogP contribution in [-0.4, -0.2) is 65.1 Å². The SMILES string of the molecule is COc1ccc(C)cc1NS(=O)(=O)c1ccc2c(c1)CCN2C(=O)CCC(=O)N1CCOCC1. The maximum Gasteiger partial charge on any atom is 0.262 e. The van der Waals surface area contributed by atoms with E-state index in [0.29, 0.717) is 56.4 Å². The van der Waals surface area contributed by atoms with E-state index in [4.69, 9.17) is 9.47 Å². The lowest BCUT2D eigenvalue weighted by Gasteiger charge is -2.27. The molecule has 2 heterocycles. The molecule has 1 N–H and O–H groups in total. The van der Waals surface area contributed by atoms with Gasteiger partial charge < -0.3 is 19.3 Å². The number of aryl methyl sites for hydroxylation is 1. The van der Waals surface area contributed by atoms with Gasteiger partial charge in [-0.2, -0.15) is 0 Å². The molecule has 0 bridgehead atoms. The second-order valence-electron chi connectivity index (χ2n) is 8.39. The third-order valence-electron chi connectivity index (χ3n) is 6.07. The van der Waals surface area contributed by atoms with Gasteiger partial charge in [0.2, 0.25) is 11.8 Å². The van der Waals surface area contributed by atoms with Crippen molar-refractivity contribution in [1.82, 2.24) is 4.90 Å². The van der Waals surface area contributed by atoms with Gasteiger partial charge in [0.1, 0.15) is 5.75 Å². The highest BCUT2D eigenvalue weighted by Gasteiger charge is 2.28. The molecule has 2 aliphatic heterocycles. The largest absolute Gasteiger partial charge is 0.495 e. The van der Waals surface area contributed by atoms with Crippen molar-refractivity contribution in [2.45, 2.75) is 31.1 Å². The van der Waals surface area contributed by atoms with Gasteiger partial charge in [0, 0.05) is 38.2 Å². The van der Waals surface area contributed by atoms with E-state index in [1.807, 2.05) is 13.0 Å². The molecular formula is C24H29N3O6S. The molecule has 10 heteroatoms. The lowest BCUT2D eigenvalue weighted by Crippen LogP contribution is -2.41. The van der Waals surface area contributed by atoms with Gasteiger partial charge >= 0.3 is 0 Å². The van der Waals surface area contributed by atoms with Crippen LogP contribution in [0.5, 0.6) is 5.75 Å². The van der Waals surface area contributed by atoms with E-state index in [0.717, 1.165) is 11.1 Å². The summed E-state index contributed by atoms with van der Waals surface area (Å²) < 4.78 is 39.2. The minimum absolute atomic E-state index is 0.0461. The standard InChI is InChI=1S/C24H29N3O6S/c1-17-3-6-22(32-2)20(15-17)25-34(30,31)19-4-5-21-18(16-19)9-10-27(21)24(29)8-7-23(28)26-11-13-33-14-12-26/h3-6,15-16,25H,7-14H2,1-2H3. The number of methoxy groups -OCH3 is 1. The first-order valence-corrected chi connectivity index (χ1v) is 12.7. The van der Waals surface area contributed by atoms with Crippen molar-refractivity contribution in [3.63, 3.8) is 0 Å². The van der Waals surface area contributed by atoms with Crippen molar-refractivity contribution in [3.8, 4) is 5.75 Å². The third kappa shape index (κ3) is 5.18. The molecule has 0 atom stereocenters. The summed E-state index contributed by atoms with van der Waals surface area (Å²) in [5.74, 6) is 0.243. The number of anilines is 2. The fraction of sp³-hybridized carbons (Fsp3) is 0.417. The van der Waals surface area contributed by atoms with Gasteiger partial charge in [0.05, 0.1) is 30.9 Å². The zero-order valence-electron chi connectivity index (χ0n) is 19.4. The van der Waals surface area contributed by atoms with E-state index in [1.54, 1.807) is 34.1 Å². The molecule has 0 saturated carbocycles. The van der Waals surface area contributed by atoms with Crippen LogP contribution in [0.1, 0.15) is 24.0 Å². The number of carbonyl (C=O) groups is 2. The summed E-state index contributed by atoms with van der Waals surface area (Å²) in [4.78, 5) is 28.6. The van der Waals surface area contributed by atoms with E-state index < -0.39 is 10.0 Å². The summed E-state index contributed by atoms with van der Waals surface area (Å²) in [5.41, 5.74) is 2.74. The quantitative estimate of drug-likeness (QED) is 0.643. The Hall–Kier alpha value is -3.11. The van der Waals surface area contributed by atoms with E-state index in [9.17, 15) is 18.0 Å². The fourth-order valence-electron chi connectivity index (χ4n) is 4.23. The van der Waals surface area contributed by atoms with Gasteiger partial charge in [-0.25, -0.2) is 8.42 Å². The van der Waals surface area contributed by atoms with Gasteiger partial charge in [-0.3, -0.25) is 14.3 Å². The lowest BCUT2D eigenvalue weighted by atomic mass is 10.2.